The summed E-state index contributed by atoms with van der Waals surface area (Å²) < 4.78 is 6.19. The lowest BCUT2D eigenvalue weighted by molar-refractivity contribution is -0.140. The molecule has 1 heterocycles. The van der Waals surface area contributed by atoms with Crippen LogP contribution in [0, 0.1) is 12.3 Å². The van der Waals surface area contributed by atoms with Crippen LogP contribution in [-0.4, -0.2) is 54.9 Å². The first kappa shape index (κ1) is 27.5. The summed E-state index contributed by atoms with van der Waals surface area (Å²) in [5.74, 6) is 0.759. The predicted octanol–water partition coefficient (Wildman–Crippen LogP) is 5.80. The number of ether oxygens (including phenoxy) is 1. The average molecular weight is 534 g/mol. The van der Waals surface area contributed by atoms with Gasteiger partial charge < -0.3 is 19.9 Å². The molecule has 0 radical (unpaired) electrons. The molecule has 0 aromatic heterocycles. The summed E-state index contributed by atoms with van der Waals surface area (Å²) in [6.07, 6.45) is 1.93. The highest BCUT2D eigenvalue weighted by molar-refractivity contribution is 6.30. The van der Waals surface area contributed by atoms with Crippen molar-refractivity contribution in [2.45, 2.75) is 32.7 Å². The number of halogens is 1. The van der Waals surface area contributed by atoms with Gasteiger partial charge in [-0.3, -0.25) is 9.59 Å². The van der Waals surface area contributed by atoms with Gasteiger partial charge >= 0.3 is 0 Å². The first-order valence-corrected chi connectivity index (χ1v) is 13.4. The molecular formula is C31H36ClN3O3. The molecule has 6 nitrogen and oxygen atoms in total. The van der Waals surface area contributed by atoms with E-state index in [2.05, 4.69) is 5.32 Å². The van der Waals surface area contributed by atoms with Crippen molar-refractivity contribution in [3.05, 3.63) is 95.0 Å². The molecule has 1 N–H and O–H groups in total. The number of amides is 2. The van der Waals surface area contributed by atoms with Gasteiger partial charge in [0.05, 0.1) is 13.2 Å². The Hall–Kier alpha value is -3.51. The van der Waals surface area contributed by atoms with E-state index in [0.717, 1.165) is 24.1 Å². The Morgan fingerprint density at radius 1 is 1.03 bits per heavy atom. The Morgan fingerprint density at radius 2 is 1.74 bits per heavy atom. The van der Waals surface area contributed by atoms with E-state index in [4.69, 9.17) is 16.3 Å². The summed E-state index contributed by atoms with van der Waals surface area (Å²) in [7, 11) is 1.83. The molecule has 1 fully saturated rings. The van der Waals surface area contributed by atoms with Crippen molar-refractivity contribution < 1.29 is 14.3 Å². The third-order valence-corrected chi connectivity index (χ3v) is 7.33. The first-order valence-electron chi connectivity index (χ1n) is 13.1. The van der Waals surface area contributed by atoms with Gasteiger partial charge in [0.2, 0.25) is 11.8 Å². The molecule has 2 amide bonds. The fraction of sp³-hybridized carbons (Fsp3) is 0.355. The molecule has 1 saturated heterocycles. The zero-order valence-electron chi connectivity index (χ0n) is 22.2. The normalized spacial score (nSPS) is 17.1. The molecule has 3 aromatic carbocycles. The number of nitrogens with one attached hydrogen (secondary N) is 1. The Labute approximate surface area is 230 Å². The van der Waals surface area contributed by atoms with Gasteiger partial charge in [-0.05, 0) is 61.7 Å². The summed E-state index contributed by atoms with van der Waals surface area (Å²) in [6, 6.07) is 25.2. The van der Waals surface area contributed by atoms with Crippen molar-refractivity contribution in [3.63, 3.8) is 0 Å². The summed E-state index contributed by atoms with van der Waals surface area (Å²) in [6.45, 7) is 4.27. The van der Waals surface area contributed by atoms with Crippen LogP contribution in [0.15, 0.2) is 78.9 Å². The number of piperidine rings is 1. The quantitative estimate of drug-likeness (QED) is 0.358. The Kier molecular flexibility index (Phi) is 9.29. The predicted molar refractivity (Wildman–Crippen MR) is 152 cm³/mol. The van der Waals surface area contributed by atoms with Gasteiger partial charge in [0.15, 0.2) is 0 Å². The second-order valence-electron chi connectivity index (χ2n) is 10.3. The number of carbonyl (C=O) groups excluding carboxylic acids is 2. The van der Waals surface area contributed by atoms with Gasteiger partial charge in [-0.15, -0.1) is 0 Å². The van der Waals surface area contributed by atoms with Crippen LogP contribution in [0.2, 0.25) is 5.02 Å². The topological polar surface area (TPSA) is 61.9 Å². The zero-order chi connectivity index (χ0) is 27.0. The van der Waals surface area contributed by atoms with Gasteiger partial charge in [-0.2, -0.15) is 0 Å². The second kappa shape index (κ2) is 12.8. The molecular weight excluding hydrogens is 498 g/mol. The van der Waals surface area contributed by atoms with E-state index in [1.54, 1.807) is 17.0 Å². The van der Waals surface area contributed by atoms with Gasteiger partial charge in [-0.25, -0.2) is 0 Å². The zero-order valence-corrected chi connectivity index (χ0v) is 22.9. The highest BCUT2D eigenvalue weighted by Gasteiger charge is 2.40. The largest absolute Gasteiger partial charge is 0.493 e. The highest BCUT2D eigenvalue weighted by Crippen LogP contribution is 2.35. The number of anilines is 1. The molecule has 200 valence electrons. The maximum atomic E-state index is 13.4. The summed E-state index contributed by atoms with van der Waals surface area (Å²) in [5.41, 5.74) is 2.68. The van der Waals surface area contributed by atoms with E-state index in [-0.39, 0.29) is 18.4 Å². The molecule has 0 saturated carbocycles. The van der Waals surface area contributed by atoms with E-state index >= 15 is 0 Å². The van der Waals surface area contributed by atoms with Crippen molar-refractivity contribution in [2.75, 3.05) is 38.6 Å². The Balaban J connectivity index is 1.45. The SMILES string of the molecule is Cc1ccc(NCC(=O)N2CCCC(COc3ccc(Cl)cc3)(CC(=O)N(C)Cc3ccccc3)C2)cc1. The van der Waals surface area contributed by atoms with Crippen LogP contribution < -0.4 is 10.1 Å². The molecule has 1 unspecified atom stereocenters. The van der Waals surface area contributed by atoms with Gasteiger partial charge in [0.1, 0.15) is 5.75 Å². The van der Waals surface area contributed by atoms with Crippen LogP contribution in [0.4, 0.5) is 5.69 Å². The number of hydrogen-bond donors (Lipinski definition) is 1. The monoisotopic (exact) mass is 533 g/mol. The van der Waals surface area contributed by atoms with Crippen molar-refractivity contribution in [1.82, 2.24) is 9.80 Å². The fourth-order valence-electron chi connectivity index (χ4n) is 4.86. The number of likely N-dealkylation sites (tertiary alicyclic amines) is 1. The van der Waals surface area contributed by atoms with E-state index in [1.165, 1.54) is 5.56 Å². The van der Waals surface area contributed by atoms with Crippen LogP contribution in [0.3, 0.4) is 0 Å². The number of hydrogen-bond acceptors (Lipinski definition) is 4. The third kappa shape index (κ3) is 7.75. The Bertz CT molecular complexity index is 1200. The van der Waals surface area contributed by atoms with Gasteiger partial charge in [0, 0.05) is 49.2 Å². The standard InChI is InChI=1S/C31H36ClN3O3/c1-24-9-13-27(14-10-24)33-20-30(37)35-18-6-17-31(22-35,23-38-28-15-11-26(32)12-16-28)19-29(36)34(2)21-25-7-4-3-5-8-25/h3-5,7-16,33H,6,17-23H2,1-2H3. The molecule has 0 bridgehead atoms. The maximum Gasteiger partial charge on any atom is 0.241 e. The number of aryl methyl sites for hydroxylation is 1. The molecule has 0 spiro atoms. The number of benzene rings is 3. The summed E-state index contributed by atoms with van der Waals surface area (Å²) >= 11 is 6.04. The molecule has 3 aromatic rings. The molecule has 1 aliphatic heterocycles. The lowest BCUT2D eigenvalue weighted by Crippen LogP contribution is -2.51. The van der Waals surface area contributed by atoms with Gasteiger partial charge in [0.25, 0.3) is 0 Å². The number of nitrogens with zero attached hydrogens (tertiary/aromatic N) is 2. The van der Waals surface area contributed by atoms with Crippen molar-refractivity contribution >= 4 is 29.1 Å². The minimum Gasteiger partial charge on any atom is -0.493 e. The van der Waals surface area contributed by atoms with Crippen LogP contribution in [0.1, 0.15) is 30.4 Å². The lowest BCUT2D eigenvalue weighted by atomic mass is 9.77. The highest BCUT2D eigenvalue weighted by atomic mass is 35.5. The van der Waals surface area contributed by atoms with E-state index < -0.39 is 5.41 Å². The molecule has 0 aliphatic carbocycles. The summed E-state index contributed by atoms with van der Waals surface area (Å²) in [4.78, 5) is 30.3. The second-order valence-corrected chi connectivity index (χ2v) is 10.7. The van der Waals surface area contributed by atoms with Crippen molar-refractivity contribution in [3.8, 4) is 5.75 Å². The first-order chi connectivity index (χ1) is 18.3. The molecule has 1 atom stereocenters. The molecule has 38 heavy (non-hydrogen) atoms. The molecule has 4 rings (SSSR count). The maximum absolute atomic E-state index is 13.4. The third-order valence-electron chi connectivity index (χ3n) is 7.08. The van der Waals surface area contributed by atoms with Crippen LogP contribution in [0.25, 0.3) is 0 Å². The number of rotatable bonds is 10. The Morgan fingerprint density at radius 3 is 2.45 bits per heavy atom. The smallest absolute Gasteiger partial charge is 0.241 e. The van der Waals surface area contributed by atoms with Crippen molar-refractivity contribution in [1.29, 1.82) is 0 Å². The molecule has 7 heteroatoms. The van der Waals surface area contributed by atoms with E-state index in [0.29, 0.717) is 43.4 Å². The fourth-order valence-corrected chi connectivity index (χ4v) is 4.99. The van der Waals surface area contributed by atoms with Gasteiger partial charge in [-0.1, -0.05) is 59.6 Å². The lowest BCUT2D eigenvalue weighted by Gasteiger charge is -2.43. The number of carbonyl (C=O) groups is 2. The van der Waals surface area contributed by atoms with E-state index in [9.17, 15) is 9.59 Å². The molecule has 1 aliphatic rings. The minimum absolute atomic E-state index is 0.0197. The average Bonchev–Trinajstić information content (AvgIpc) is 2.93. The van der Waals surface area contributed by atoms with Crippen LogP contribution >= 0.6 is 11.6 Å². The summed E-state index contributed by atoms with van der Waals surface area (Å²) in [5, 5.41) is 3.87. The minimum atomic E-state index is -0.487. The van der Waals surface area contributed by atoms with Crippen LogP contribution in [-0.2, 0) is 16.1 Å². The van der Waals surface area contributed by atoms with Crippen molar-refractivity contribution in [2.24, 2.45) is 5.41 Å². The van der Waals surface area contributed by atoms with E-state index in [1.807, 2.05) is 85.6 Å². The van der Waals surface area contributed by atoms with Crippen LogP contribution in [0.5, 0.6) is 5.75 Å².